The second-order valence-corrected chi connectivity index (χ2v) is 9.43. The normalized spacial score (nSPS) is 13.3. The molecule has 1 aromatic rings. The molecule has 4 N–H and O–H groups in total. The van der Waals surface area contributed by atoms with Crippen molar-refractivity contribution in [1.29, 1.82) is 5.26 Å². The monoisotopic (exact) mass is 533 g/mol. The molecule has 0 bridgehead atoms. The standard InChI is InChI=1S/C20H21BN6S.C4H11N.C3H8.C2H4/c1-26(21)25-27(17-7-4-6-16(11-17)14-22)9-3-2-5-15-12-19-18(8-10-28-19)24-20(23)13-15;1-3-4-5-2;1-3-2;1-2/h4,6-7,11-12,25H,5,8-10,13H2,1H3,(H2,23,24);5H,3-4H2,1-2H3;3H2,1-2H3;1-2H2. The van der Waals surface area contributed by atoms with Gasteiger partial charge in [-0.05, 0) is 56.9 Å². The topological polar surface area (TPSA) is 92.7 Å². The van der Waals surface area contributed by atoms with Crippen molar-refractivity contribution in [1.82, 2.24) is 15.8 Å². The summed E-state index contributed by atoms with van der Waals surface area (Å²) in [6.07, 6.45) is 6.94. The van der Waals surface area contributed by atoms with Gasteiger partial charge < -0.3 is 11.1 Å². The molecule has 0 saturated heterocycles. The van der Waals surface area contributed by atoms with Crippen molar-refractivity contribution in [3.05, 3.63) is 65.2 Å². The first-order valence-corrected chi connectivity index (χ1v) is 13.9. The predicted molar refractivity (Wildman–Crippen MR) is 167 cm³/mol. The SMILES string of the molecule is C=C.CCC.CCCNC.[B]N(C)NN(CC#CCC1=CC2=C(CCS2)N=C(N)C1)c1cccc(C#N)c1. The second kappa shape index (κ2) is 22.1. The largest absolute Gasteiger partial charge is 0.387 e. The minimum Gasteiger partial charge on any atom is -0.387 e. The molecule has 2 radical (unpaired) electrons. The molecule has 3 rings (SSSR count). The van der Waals surface area contributed by atoms with E-state index in [0.29, 0.717) is 30.8 Å². The zero-order valence-corrected chi connectivity index (χ0v) is 24.6. The number of allylic oxidation sites excluding steroid dienone is 2. The molecule has 1 aromatic carbocycles. The minimum absolute atomic E-state index is 0.413. The Morgan fingerprint density at radius 1 is 1.24 bits per heavy atom. The van der Waals surface area contributed by atoms with E-state index in [2.05, 4.69) is 73.8 Å². The summed E-state index contributed by atoms with van der Waals surface area (Å²) in [6.45, 7) is 14.0. The van der Waals surface area contributed by atoms with Crippen molar-refractivity contribution in [2.24, 2.45) is 10.7 Å². The Labute approximate surface area is 236 Å². The van der Waals surface area contributed by atoms with E-state index in [1.807, 2.05) is 30.9 Å². The Balaban J connectivity index is 0.00000119. The molecule has 0 aliphatic carbocycles. The van der Waals surface area contributed by atoms with Crippen LogP contribution in [0.5, 0.6) is 0 Å². The third kappa shape index (κ3) is 14.7. The van der Waals surface area contributed by atoms with Crippen LogP contribution in [0.3, 0.4) is 0 Å². The van der Waals surface area contributed by atoms with Gasteiger partial charge in [0.15, 0.2) is 0 Å². The highest BCUT2D eigenvalue weighted by molar-refractivity contribution is 8.03. The van der Waals surface area contributed by atoms with Crippen LogP contribution in [0.2, 0.25) is 0 Å². The van der Waals surface area contributed by atoms with Gasteiger partial charge in [0.1, 0.15) is 5.84 Å². The van der Waals surface area contributed by atoms with E-state index < -0.39 is 0 Å². The van der Waals surface area contributed by atoms with E-state index in [1.165, 1.54) is 28.2 Å². The number of thioether (sulfide) groups is 1. The molecule has 0 unspecified atom stereocenters. The van der Waals surface area contributed by atoms with Crippen LogP contribution in [0.4, 0.5) is 5.69 Å². The average Bonchev–Trinajstić information content (AvgIpc) is 3.27. The van der Waals surface area contributed by atoms with Crippen LogP contribution in [-0.2, 0) is 0 Å². The van der Waals surface area contributed by atoms with Crippen molar-refractivity contribution in [2.45, 2.75) is 52.9 Å². The molecule has 204 valence electrons. The summed E-state index contributed by atoms with van der Waals surface area (Å²) in [4.78, 5) is 7.09. The maximum absolute atomic E-state index is 9.11. The third-order valence-corrected chi connectivity index (χ3v) is 5.72. The van der Waals surface area contributed by atoms with Crippen LogP contribution in [0.1, 0.15) is 58.4 Å². The highest BCUT2D eigenvalue weighted by Gasteiger charge is 2.17. The van der Waals surface area contributed by atoms with E-state index in [-0.39, 0.29) is 0 Å². The lowest BCUT2D eigenvalue weighted by Crippen LogP contribution is -2.47. The fraction of sp³-hybridized carbons (Fsp3) is 0.448. The number of hydrogen-bond acceptors (Lipinski definition) is 8. The Morgan fingerprint density at radius 3 is 2.53 bits per heavy atom. The molecule has 0 spiro atoms. The number of aliphatic imine (C=N–C) groups is 1. The summed E-state index contributed by atoms with van der Waals surface area (Å²) in [7, 11) is 9.38. The van der Waals surface area contributed by atoms with Gasteiger partial charge in [-0.1, -0.05) is 45.1 Å². The van der Waals surface area contributed by atoms with E-state index in [4.69, 9.17) is 19.0 Å². The molecule has 38 heavy (non-hydrogen) atoms. The Hall–Kier alpha value is -2.95. The number of hydrazine groups is 2. The smallest absolute Gasteiger partial charge is 0.208 e. The molecule has 0 saturated carbocycles. The molecule has 7 nitrogen and oxygen atoms in total. The molecule has 0 amide bonds. The molecule has 0 atom stereocenters. The van der Waals surface area contributed by atoms with Crippen LogP contribution < -0.4 is 21.6 Å². The van der Waals surface area contributed by atoms with E-state index in [9.17, 15) is 0 Å². The zero-order chi connectivity index (χ0) is 28.8. The quantitative estimate of drug-likeness (QED) is 0.195. The van der Waals surface area contributed by atoms with Gasteiger partial charge in [0.05, 0.1) is 29.6 Å². The van der Waals surface area contributed by atoms with Crippen molar-refractivity contribution < 1.29 is 0 Å². The summed E-state index contributed by atoms with van der Waals surface area (Å²) < 4.78 is 0. The van der Waals surface area contributed by atoms with Crippen LogP contribution in [0.25, 0.3) is 0 Å². The van der Waals surface area contributed by atoms with Gasteiger partial charge in [0, 0.05) is 29.9 Å². The van der Waals surface area contributed by atoms with Crippen molar-refractivity contribution in [3.8, 4) is 17.9 Å². The van der Waals surface area contributed by atoms with Crippen LogP contribution in [0.15, 0.2) is 64.7 Å². The van der Waals surface area contributed by atoms with Gasteiger partial charge >= 0.3 is 0 Å². The van der Waals surface area contributed by atoms with Crippen LogP contribution in [0, 0.1) is 23.2 Å². The Bertz CT molecular complexity index is 1010. The van der Waals surface area contributed by atoms with E-state index in [0.717, 1.165) is 30.1 Å². The predicted octanol–water partition coefficient (Wildman–Crippen LogP) is 5.06. The summed E-state index contributed by atoms with van der Waals surface area (Å²) in [5.74, 6) is 8.11. The lowest BCUT2D eigenvalue weighted by Gasteiger charge is -2.27. The molecule has 0 fully saturated rings. The minimum atomic E-state index is 0.413. The molecular weight excluding hydrogens is 489 g/mol. The maximum atomic E-state index is 9.11. The van der Waals surface area contributed by atoms with Gasteiger partial charge in [-0.15, -0.1) is 24.9 Å². The number of nitriles is 1. The van der Waals surface area contributed by atoms with E-state index in [1.54, 1.807) is 24.2 Å². The molecule has 9 heteroatoms. The number of hydrogen-bond donors (Lipinski definition) is 3. The van der Waals surface area contributed by atoms with Gasteiger partial charge in [-0.2, -0.15) is 10.8 Å². The van der Waals surface area contributed by atoms with E-state index >= 15 is 0 Å². The number of nitrogens with two attached hydrogens (primary N) is 1. The van der Waals surface area contributed by atoms with Crippen LogP contribution in [-0.4, -0.2) is 51.7 Å². The highest BCUT2D eigenvalue weighted by Crippen LogP contribution is 2.36. The Kier molecular flexibility index (Phi) is 20.4. The highest BCUT2D eigenvalue weighted by atomic mass is 32.2. The number of nitrogens with one attached hydrogen (secondary N) is 2. The second-order valence-electron chi connectivity index (χ2n) is 8.29. The Morgan fingerprint density at radius 2 is 1.95 bits per heavy atom. The number of nitrogens with zero attached hydrogens (tertiary/aromatic N) is 4. The number of amidine groups is 1. The molecule has 2 aliphatic rings. The lowest BCUT2D eigenvalue weighted by molar-refractivity contribution is 0.384. The average molecular weight is 534 g/mol. The number of anilines is 1. The zero-order valence-electron chi connectivity index (χ0n) is 23.8. The summed E-state index contributed by atoms with van der Waals surface area (Å²) in [5, 5.41) is 13.9. The summed E-state index contributed by atoms with van der Waals surface area (Å²) in [5.41, 5.74) is 12.7. The first-order valence-electron chi connectivity index (χ1n) is 12.9. The van der Waals surface area contributed by atoms with Gasteiger partial charge in [0.25, 0.3) is 0 Å². The van der Waals surface area contributed by atoms with Gasteiger partial charge in [-0.3, -0.25) is 9.93 Å². The maximum Gasteiger partial charge on any atom is 0.208 e. The van der Waals surface area contributed by atoms with Crippen molar-refractivity contribution in [3.63, 3.8) is 0 Å². The molecule has 2 heterocycles. The van der Waals surface area contributed by atoms with Gasteiger partial charge in [0.2, 0.25) is 7.98 Å². The van der Waals surface area contributed by atoms with Crippen molar-refractivity contribution >= 4 is 31.3 Å². The first-order chi connectivity index (χ1) is 18.4. The third-order valence-electron chi connectivity index (χ3n) is 4.65. The van der Waals surface area contributed by atoms with Crippen LogP contribution >= 0.6 is 11.8 Å². The molecular formula is C29H44BN7S. The number of benzene rings is 1. The lowest BCUT2D eigenvalue weighted by atomic mass is 10.1. The molecule has 0 aromatic heterocycles. The first kappa shape index (κ1) is 35.1. The fourth-order valence-electron chi connectivity index (χ4n) is 3.17. The van der Waals surface area contributed by atoms with Crippen molar-refractivity contribution in [2.75, 3.05) is 37.9 Å². The number of rotatable bonds is 7. The van der Waals surface area contributed by atoms with Gasteiger partial charge in [-0.25, -0.2) is 4.99 Å². The summed E-state index contributed by atoms with van der Waals surface area (Å²) in [6, 6.07) is 9.41. The fourth-order valence-corrected chi connectivity index (χ4v) is 4.25. The summed E-state index contributed by atoms with van der Waals surface area (Å²) >= 11 is 1.83. The molecule has 2 aliphatic heterocycles.